The summed E-state index contributed by atoms with van der Waals surface area (Å²) < 4.78 is 0. The van der Waals surface area contributed by atoms with Crippen molar-refractivity contribution in [2.45, 2.75) is 31.7 Å². The topological polar surface area (TPSA) is 69.1 Å². The monoisotopic (exact) mass is 501 g/mol. The average Bonchev–Trinajstić information content (AvgIpc) is 3.56. The number of likely N-dealkylation sites (tertiary alicyclic amines) is 1. The second-order valence-electron chi connectivity index (χ2n) is 9.21. The van der Waals surface area contributed by atoms with Crippen LogP contribution in [0.4, 0.5) is 0 Å². The highest BCUT2D eigenvalue weighted by Crippen LogP contribution is 2.28. The first-order valence-electron chi connectivity index (χ1n) is 12.5. The van der Waals surface area contributed by atoms with Crippen LogP contribution in [-0.4, -0.2) is 62.1 Å². The Morgan fingerprint density at radius 1 is 1.28 bits per heavy atom. The van der Waals surface area contributed by atoms with Crippen molar-refractivity contribution in [2.75, 3.05) is 33.7 Å². The van der Waals surface area contributed by atoms with Gasteiger partial charge in [0, 0.05) is 60.5 Å². The summed E-state index contributed by atoms with van der Waals surface area (Å²) in [5.74, 6) is 0.809. The van der Waals surface area contributed by atoms with Gasteiger partial charge in [0.15, 0.2) is 0 Å². The summed E-state index contributed by atoms with van der Waals surface area (Å²) in [6, 6.07) is 12.4. The molecule has 2 aromatic rings. The molecule has 3 heterocycles. The highest BCUT2D eigenvalue weighted by atomic mass is 32.1. The van der Waals surface area contributed by atoms with Crippen LogP contribution in [0.25, 0.3) is 5.57 Å². The molecule has 188 valence electrons. The smallest absolute Gasteiger partial charge is 0.251 e. The molecule has 2 N–H and O–H groups in total. The number of benzene rings is 1. The Bertz CT molecular complexity index is 1170. The Morgan fingerprint density at radius 2 is 2.11 bits per heavy atom. The third-order valence-electron chi connectivity index (χ3n) is 6.69. The van der Waals surface area contributed by atoms with Gasteiger partial charge in [-0.05, 0) is 79.7 Å². The second-order valence-corrected chi connectivity index (χ2v) is 10.2. The minimum absolute atomic E-state index is 0.0267. The summed E-state index contributed by atoms with van der Waals surface area (Å²) in [5, 5.41) is 8.55. The van der Waals surface area contributed by atoms with E-state index in [1.807, 2.05) is 42.6 Å². The zero-order valence-corrected chi connectivity index (χ0v) is 22.0. The van der Waals surface area contributed by atoms with E-state index in [0.29, 0.717) is 24.6 Å². The number of aliphatic imine (C=N–C) groups is 2. The van der Waals surface area contributed by atoms with E-state index in [0.717, 1.165) is 54.2 Å². The van der Waals surface area contributed by atoms with Crippen LogP contribution in [0.15, 0.2) is 82.3 Å². The number of rotatable bonds is 9. The number of amides is 1. The van der Waals surface area contributed by atoms with Crippen molar-refractivity contribution in [3.05, 3.63) is 88.3 Å². The Labute approximate surface area is 218 Å². The van der Waals surface area contributed by atoms with Crippen molar-refractivity contribution in [3.8, 4) is 0 Å². The fraction of sp³-hybridized carbons (Fsp3) is 0.345. The molecule has 6 nitrogen and oxygen atoms in total. The van der Waals surface area contributed by atoms with Crippen molar-refractivity contribution in [1.82, 2.24) is 15.5 Å². The van der Waals surface area contributed by atoms with Gasteiger partial charge in [-0.25, -0.2) is 0 Å². The van der Waals surface area contributed by atoms with Crippen LogP contribution >= 0.6 is 11.3 Å². The summed E-state index contributed by atoms with van der Waals surface area (Å²) in [5.41, 5.74) is 4.64. The molecule has 1 aromatic heterocycles. The molecule has 1 fully saturated rings. The van der Waals surface area contributed by atoms with Gasteiger partial charge in [-0.2, -0.15) is 0 Å². The maximum absolute atomic E-state index is 12.6. The summed E-state index contributed by atoms with van der Waals surface area (Å²) in [4.78, 5) is 25.2. The maximum Gasteiger partial charge on any atom is 0.251 e. The third-order valence-corrected chi connectivity index (χ3v) is 7.63. The van der Waals surface area contributed by atoms with Gasteiger partial charge in [0.25, 0.3) is 5.91 Å². The number of carbonyl (C=O) groups excluding carboxylic acids is 1. The lowest BCUT2D eigenvalue weighted by atomic mass is 9.93. The molecule has 1 atom stereocenters. The molecule has 0 spiro atoms. The largest absolute Gasteiger partial charge is 0.370 e. The fourth-order valence-electron chi connectivity index (χ4n) is 4.49. The van der Waals surface area contributed by atoms with Crippen molar-refractivity contribution in [2.24, 2.45) is 9.98 Å². The highest BCUT2D eigenvalue weighted by molar-refractivity contribution is 7.09. The van der Waals surface area contributed by atoms with E-state index >= 15 is 0 Å². The molecule has 1 amide bonds. The summed E-state index contributed by atoms with van der Waals surface area (Å²) >= 11 is 1.77. The number of nitrogens with zero attached hydrogens (tertiary/aromatic N) is 3. The maximum atomic E-state index is 12.6. The quantitative estimate of drug-likeness (QED) is 0.386. The van der Waals surface area contributed by atoms with Crippen LogP contribution < -0.4 is 10.6 Å². The average molecular weight is 502 g/mol. The molecule has 7 heteroatoms. The SMILES string of the molecule is C=C1CC(/C=C\C(=NC)NCCc2cccs2)=NC=C1c1ccc(C(=O)NCC2CCCN2C)cc1. The zero-order valence-electron chi connectivity index (χ0n) is 21.2. The van der Waals surface area contributed by atoms with Crippen LogP contribution in [0, 0.1) is 0 Å². The van der Waals surface area contributed by atoms with Crippen LogP contribution in [0.1, 0.15) is 40.1 Å². The second kappa shape index (κ2) is 12.6. The van der Waals surface area contributed by atoms with Crippen LogP contribution in [-0.2, 0) is 6.42 Å². The number of allylic oxidation sites excluding steroid dienone is 3. The molecule has 4 rings (SSSR count). The Balaban J connectivity index is 1.31. The fourth-order valence-corrected chi connectivity index (χ4v) is 5.19. The molecule has 0 radical (unpaired) electrons. The first kappa shape index (κ1) is 25.8. The molecule has 2 aliphatic heterocycles. The van der Waals surface area contributed by atoms with Gasteiger partial charge in [0.1, 0.15) is 5.84 Å². The van der Waals surface area contributed by atoms with E-state index in [4.69, 9.17) is 0 Å². The van der Waals surface area contributed by atoms with Crippen LogP contribution in [0.3, 0.4) is 0 Å². The number of nitrogens with one attached hydrogen (secondary N) is 2. The molecule has 0 bridgehead atoms. The lowest BCUT2D eigenvalue weighted by Gasteiger charge is -2.19. The number of likely N-dealkylation sites (N-methyl/N-ethyl adjacent to an activating group) is 1. The van der Waals surface area contributed by atoms with Gasteiger partial charge in [-0.1, -0.05) is 24.8 Å². The van der Waals surface area contributed by atoms with Gasteiger partial charge in [0.05, 0.1) is 0 Å². The van der Waals surface area contributed by atoms with Crippen molar-refractivity contribution < 1.29 is 4.79 Å². The Kier molecular flexibility index (Phi) is 9.03. The van der Waals surface area contributed by atoms with E-state index in [9.17, 15) is 4.79 Å². The van der Waals surface area contributed by atoms with Gasteiger partial charge in [-0.15, -0.1) is 11.3 Å². The van der Waals surface area contributed by atoms with E-state index in [1.165, 1.54) is 11.3 Å². The molecule has 0 saturated carbocycles. The molecule has 1 saturated heterocycles. The lowest BCUT2D eigenvalue weighted by Crippen LogP contribution is -2.38. The van der Waals surface area contributed by atoms with Gasteiger partial charge in [-0.3, -0.25) is 14.8 Å². The van der Waals surface area contributed by atoms with Gasteiger partial charge in [0.2, 0.25) is 0 Å². The van der Waals surface area contributed by atoms with Crippen LogP contribution in [0.5, 0.6) is 0 Å². The Hall–Kier alpha value is -3.29. The van der Waals surface area contributed by atoms with E-state index in [-0.39, 0.29) is 5.91 Å². The zero-order chi connectivity index (χ0) is 25.3. The normalized spacial score (nSPS) is 18.9. The number of amidine groups is 1. The van der Waals surface area contributed by atoms with Gasteiger partial charge >= 0.3 is 0 Å². The first-order valence-corrected chi connectivity index (χ1v) is 13.4. The number of carbonyl (C=O) groups is 1. The molecular formula is C29H35N5OS. The molecular weight excluding hydrogens is 466 g/mol. The third kappa shape index (κ3) is 6.89. The summed E-state index contributed by atoms with van der Waals surface area (Å²) in [6.45, 7) is 6.91. The minimum Gasteiger partial charge on any atom is -0.370 e. The minimum atomic E-state index is -0.0267. The van der Waals surface area contributed by atoms with Crippen LogP contribution in [0.2, 0.25) is 0 Å². The number of hydrogen-bond donors (Lipinski definition) is 2. The van der Waals surface area contributed by atoms with Crippen molar-refractivity contribution in [1.29, 1.82) is 0 Å². The molecule has 2 aliphatic rings. The summed E-state index contributed by atoms with van der Waals surface area (Å²) in [7, 11) is 3.91. The Morgan fingerprint density at radius 3 is 2.78 bits per heavy atom. The standard InChI is InChI=1S/C29H35N5OS/c1-21-18-24(12-13-28(30-2)31-15-14-26-7-5-17-36-26)32-20-27(21)22-8-10-23(11-9-22)29(35)33-19-25-6-4-16-34(25)3/h5,7-13,17,20,25H,1,4,6,14-16,18-19H2,2-3H3,(H,30,31)(H,33,35)/b13-12-. The molecule has 36 heavy (non-hydrogen) atoms. The van der Waals surface area contributed by atoms with Gasteiger partial charge < -0.3 is 15.5 Å². The lowest BCUT2D eigenvalue weighted by molar-refractivity contribution is 0.0943. The highest BCUT2D eigenvalue weighted by Gasteiger charge is 2.21. The predicted octanol–water partition coefficient (Wildman–Crippen LogP) is 4.73. The van der Waals surface area contributed by atoms with E-state index in [1.54, 1.807) is 18.4 Å². The molecule has 0 aliphatic carbocycles. The number of hydrogen-bond acceptors (Lipinski definition) is 5. The number of thiophene rings is 1. The molecule has 1 unspecified atom stereocenters. The predicted molar refractivity (Wildman–Crippen MR) is 152 cm³/mol. The van der Waals surface area contributed by atoms with Crippen molar-refractivity contribution in [3.63, 3.8) is 0 Å². The summed E-state index contributed by atoms with van der Waals surface area (Å²) in [6.07, 6.45) is 9.82. The van der Waals surface area contributed by atoms with E-state index < -0.39 is 0 Å². The van der Waals surface area contributed by atoms with Crippen molar-refractivity contribution >= 4 is 34.4 Å². The first-order chi connectivity index (χ1) is 17.5. The van der Waals surface area contributed by atoms with E-state index in [2.05, 4.69) is 56.7 Å². The molecule has 1 aromatic carbocycles.